The molecule has 0 spiro atoms. The Morgan fingerprint density at radius 1 is 1.36 bits per heavy atom. The molecular formula is C11H22O3. The third kappa shape index (κ3) is 3.23. The van der Waals surface area contributed by atoms with Crippen LogP contribution in [0.4, 0.5) is 0 Å². The molecule has 0 heterocycles. The number of methoxy groups -OCH3 is 1. The van der Waals surface area contributed by atoms with E-state index in [1.807, 2.05) is 0 Å². The number of rotatable bonds is 4. The normalized spacial score (nSPS) is 32.8. The molecule has 1 aliphatic rings. The molecule has 0 aromatic carbocycles. The summed E-state index contributed by atoms with van der Waals surface area (Å²) in [5, 5.41) is 9.33. The Balaban J connectivity index is 2.14. The van der Waals surface area contributed by atoms with Crippen LogP contribution in [0.2, 0.25) is 0 Å². The fourth-order valence-electron chi connectivity index (χ4n) is 1.55. The minimum absolute atomic E-state index is 0.0948. The van der Waals surface area contributed by atoms with Crippen LogP contribution in [0.3, 0.4) is 0 Å². The number of hydrogen-bond acceptors (Lipinski definition) is 3. The molecule has 84 valence electrons. The van der Waals surface area contributed by atoms with Gasteiger partial charge in [-0.3, -0.25) is 0 Å². The number of hydrogen-bond donors (Lipinski definition) is 1. The summed E-state index contributed by atoms with van der Waals surface area (Å²) in [5.41, 5.74) is 0.310. The SMILES string of the molecule is COC1C(O)CC1OCCC(C)(C)C. The van der Waals surface area contributed by atoms with Gasteiger partial charge in [-0.05, 0) is 11.8 Å². The van der Waals surface area contributed by atoms with E-state index in [4.69, 9.17) is 9.47 Å². The summed E-state index contributed by atoms with van der Waals surface area (Å²) < 4.78 is 10.8. The Morgan fingerprint density at radius 3 is 2.43 bits per heavy atom. The molecule has 0 aromatic rings. The molecular weight excluding hydrogens is 180 g/mol. The number of ether oxygens (including phenoxy) is 2. The van der Waals surface area contributed by atoms with Gasteiger partial charge in [0.2, 0.25) is 0 Å². The Hall–Kier alpha value is -0.120. The first kappa shape index (κ1) is 12.0. The second-order valence-electron chi connectivity index (χ2n) is 5.22. The molecule has 0 amide bonds. The van der Waals surface area contributed by atoms with Crippen molar-refractivity contribution in [3.63, 3.8) is 0 Å². The van der Waals surface area contributed by atoms with Crippen molar-refractivity contribution in [2.24, 2.45) is 5.41 Å². The number of aliphatic hydroxyl groups excluding tert-OH is 1. The second-order valence-corrected chi connectivity index (χ2v) is 5.22. The third-order valence-electron chi connectivity index (χ3n) is 2.68. The zero-order valence-electron chi connectivity index (χ0n) is 9.62. The molecule has 14 heavy (non-hydrogen) atoms. The Kier molecular flexibility index (Phi) is 3.93. The van der Waals surface area contributed by atoms with E-state index in [1.165, 1.54) is 0 Å². The lowest BCUT2D eigenvalue weighted by Gasteiger charge is -2.40. The van der Waals surface area contributed by atoms with Gasteiger partial charge in [-0.25, -0.2) is 0 Å². The standard InChI is InChI=1S/C11H22O3/c1-11(2,3)5-6-14-9-7-8(12)10(9)13-4/h8-10,12H,5-7H2,1-4H3. The van der Waals surface area contributed by atoms with E-state index in [2.05, 4.69) is 20.8 Å². The molecule has 0 radical (unpaired) electrons. The minimum atomic E-state index is -0.334. The van der Waals surface area contributed by atoms with E-state index in [1.54, 1.807) is 7.11 Å². The highest BCUT2D eigenvalue weighted by Crippen LogP contribution is 2.28. The van der Waals surface area contributed by atoms with E-state index in [0.29, 0.717) is 11.8 Å². The van der Waals surface area contributed by atoms with Crippen LogP contribution < -0.4 is 0 Å². The Morgan fingerprint density at radius 2 is 2.00 bits per heavy atom. The summed E-state index contributed by atoms with van der Waals surface area (Å²) in [4.78, 5) is 0. The molecule has 3 atom stereocenters. The Labute approximate surface area is 86.4 Å². The van der Waals surface area contributed by atoms with E-state index in [-0.39, 0.29) is 18.3 Å². The van der Waals surface area contributed by atoms with Crippen LogP contribution in [0.25, 0.3) is 0 Å². The van der Waals surface area contributed by atoms with E-state index >= 15 is 0 Å². The predicted octanol–water partition coefficient (Wildman–Crippen LogP) is 1.59. The number of aliphatic hydroxyl groups is 1. The summed E-state index contributed by atoms with van der Waals surface area (Å²) in [6, 6.07) is 0. The van der Waals surface area contributed by atoms with Gasteiger partial charge in [0.1, 0.15) is 6.10 Å². The van der Waals surface area contributed by atoms with Crippen LogP contribution in [0.5, 0.6) is 0 Å². The van der Waals surface area contributed by atoms with Crippen LogP contribution in [0.1, 0.15) is 33.6 Å². The molecule has 1 rings (SSSR count). The van der Waals surface area contributed by atoms with Crippen molar-refractivity contribution in [3.05, 3.63) is 0 Å². The van der Waals surface area contributed by atoms with Crippen molar-refractivity contribution in [1.82, 2.24) is 0 Å². The lowest BCUT2D eigenvalue weighted by Crippen LogP contribution is -2.53. The van der Waals surface area contributed by atoms with Crippen LogP contribution in [-0.2, 0) is 9.47 Å². The van der Waals surface area contributed by atoms with Gasteiger partial charge in [0.15, 0.2) is 0 Å². The van der Waals surface area contributed by atoms with Crippen molar-refractivity contribution < 1.29 is 14.6 Å². The average Bonchev–Trinajstić information content (AvgIpc) is 2.01. The summed E-state index contributed by atoms with van der Waals surface area (Å²) in [5.74, 6) is 0. The monoisotopic (exact) mass is 202 g/mol. The zero-order chi connectivity index (χ0) is 10.8. The van der Waals surface area contributed by atoms with E-state index in [9.17, 15) is 5.11 Å². The van der Waals surface area contributed by atoms with Gasteiger partial charge in [-0.2, -0.15) is 0 Å². The zero-order valence-corrected chi connectivity index (χ0v) is 9.62. The van der Waals surface area contributed by atoms with Gasteiger partial charge in [0, 0.05) is 20.1 Å². The average molecular weight is 202 g/mol. The van der Waals surface area contributed by atoms with Crippen molar-refractivity contribution in [2.75, 3.05) is 13.7 Å². The topological polar surface area (TPSA) is 38.7 Å². The second kappa shape index (κ2) is 4.60. The molecule has 0 aromatic heterocycles. The van der Waals surface area contributed by atoms with Gasteiger partial charge in [0.05, 0.1) is 12.2 Å². The summed E-state index contributed by atoms with van der Waals surface area (Å²) in [6.45, 7) is 7.33. The van der Waals surface area contributed by atoms with Crippen LogP contribution >= 0.6 is 0 Å². The highest BCUT2D eigenvalue weighted by atomic mass is 16.5. The van der Waals surface area contributed by atoms with E-state index in [0.717, 1.165) is 13.0 Å². The maximum absolute atomic E-state index is 9.33. The fourth-order valence-corrected chi connectivity index (χ4v) is 1.55. The lowest BCUT2D eigenvalue weighted by atomic mass is 9.87. The lowest BCUT2D eigenvalue weighted by molar-refractivity contribution is -0.183. The van der Waals surface area contributed by atoms with Crippen molar-refractivity contribution in [2.45, 2.75) is 51.9 Å². The molecule has 1 N–H and O–H groups in total. The van der Waals surface area contributed by atoms with Crippen molar-refractivity contribution in [1.29, 1.82) is 0 Å². The molecule has 1 fully saturated rings. The van der Waals surface area contributed by atoms with Gasteiger partial charge >= 0.3 is 0 Å². The molecule has 0 aliphatic heterocycles. The van der Waals surface area contributed by atoms with Gasteiger partial charge in [-0.1, -0.05) is 20.8 Å². The van der Waals surface area contributed by atoms with E-state index < -0.39 is 0 Å². The first-order valence-corrected chi connectivity index (χ1v) is 5.26. The predicted molar refractivity (Wildman–Crippen MR) is 55.2 cm³/mol. The molecule has 0 bridgehead atoms. The summed E-state index contributed by atoms with van der Waals surface area (Å²) in [7, 11) is 1.62. The van der Waals surface area contributed by atoms with Crippen LogP contribution in [-0.4, -0.2) is 37.1 Å². The first-order valence-electron chi connectivity index (χ1n) is 5.26. The third-order valence-corrected chi connectivity index (χ3v) is 2.68. The van der Waals surface area contributed by atoms with Gasteiger partial charge in [0.25, 0.3) is 0 Å². The smallest absolute Gasteiger partial charge is 0.109 e. The molecule has 1 saturated carbocycles. The molecule has 1 aliphatic carbocycles. The Bertz CT molecular complexity index is 174. The van der Waals surface area contributed by atoms with Gasteiger partial charge < -0.3 is 14.6 Å². The largest absolute Gasteiger partial charge is 0.390 e. The van der Waals surface area contributed by atoms with Crippen molar-refractivity contribution in [3.8, 4) is 0 Å². The highest BCUT2D eigenvalue weighted by molar-refractivity contribution is 4.91. The molecule has 3 nitrogen and oxygen atoms in total. The maximum Gasteiger partial charge on any atom is 0.109 e. The van der Waals surface area contributed by atoms with Crippen molar-refractivity contribution >= 4 is 0 Å². The molecule has 3 unspecified atom stereocenters. The fraction of sp³-hybridized carbons (Fsp3) is 1.00. The molecule has 0 saturated heterocycles. The molecule has 3 heteroatoms. The van der Waals surface area contributed by atoms with Crippen LogP contribution in [0, 0.1) is 5.41 Å². The maximum atomic E-state index is 9.33. The highest BCUT2D eigenvalue weighted by Gasteiger charge is 2.41. The quantitative estimate of drug-likeness (QED) is 0.752. The minimum Gasteiger partial charge on any atom is -0.390 e. The van der Waals surface area contributed by atoms with Crippen LogP contribution in [0.15, 0.2) is 0 Å². The summed E-state index contributed by atoms with van der Waals surface area (Å²) >= 11 is 0. The summed E-state index contributed by atoms with van der Waals surface area (Å²) in [6.07, 6.45) is 1.39. The van der Waals surface area contributed by atoms with Gasteiger partial charge in [-0.15, -0.1) is 0 Å². The first-order chi connectivity index (χ1) is 6.44.